The van der Waals surface area contributed by atoms with Crippen LogP contribution in [0.5, 0.6) is 0 Å². The molecule has 0 spiro atoms. The third-order valence-corrected chi connectivity index (χ3v) is 6.99. The lowest BCUT2D eigenvalue weighted by Crippen LogP contribution is -2.43. The Morgan fingerprint density at radius 2 is 2.20 bits per heavy atom. The molecule has 4 rings (SSSR count). The molecule has 1 aliphatic rings. The van der Waals surface area contributed by atoms with E-state index < -0.39 is 0 Å². The summed E-state index contributed by atoms with van der Waals surface area (Å²) in [6.07, 6.45) is -0.114. The number of carbonyl (C=O) groups is 2. The zero-order chi connectivity index (χ0) is 21.1. The van der Waals surface area contributed by atoms with Crippen LogP contribution in [0, 0.1) is 6.92 Å². The van der Waals surface area contributed by atoms with Crippen LogP contribution in [0.2, 0.25) is 0 Å². The van der Waals surface area contributed by atoms with Gasteiger partial charge in [0, 0.05) is 28.7 Å². The van der Waals surface area contributed by atoms with Gasteiger partial charge < -0.3 is 20.1 Å². The summed E-state index contributed by atoms with van der Waals surface area (Å²) in [6, 6.07) is 7.82. The van der Waals surface area contributed by atoms with Crippen molar-refractivity contribution in [3.05, 3.63) is 50.8 Å². The average Bonchev–Trinajstić information content (AvgIpc) is 3.35. The number of ether oxygens (including phenoxy) is 1. The van der Waals surface area contributed by atoms with E-state index in [9.17, 15) is 9.59 Å². The smallest absolute Gasteiger partial charge is 0.261 e. The Labute approximate surface area is 182 Å². The Balaban J connectivity index is 1.59. The van der Waals surface area contributed by atoms with Gasteiger partial charge in [0.2, 0.25) is 5.91 Å². The van der Waals surface area contributed by atoms with Crippen LogP contribution in [-0.4, -0.2) is 59.7 Å². The van der Waals surface area contributed by atoms with Crippen LogP contribution in [-0.2, 0) is 16.0 Å². The van der Waals surface area contributed by atoms with E-state index in [-0.39, 0.29) is 37.5 Å². The molecule has 2 amide bonds. The number of morpholine rings is 1. The molecule has 7 nitrogen and oxygen atoms in total. The summed E-state index contributed by atoms with van der Waals surface area (Å²) in [7, 11) is 0. The van der Waals surface area contributed by atoms with E-state index in [0.29, 0.717) is 24.6 Å². The highest BCUT2D eigenvalue weighted by molar-refractivity contribution is 7.21. The van der Waals surface area contributed by atoms with Crippen molar-refractivity contribution in [2.45, 2.75) is 19.4 Å². The minimum atomic E-state index is -0.383. The predicted octanol–water partition coefficient (Wildman–Crippen LogP) is 2.53. The summed E-state index contributed by atoms with van der Waals surface area (Å²) in [5.74, 6) is -0.218. The van der Waals surface area contributed by atoms with Gasteiger partial charge in [0.1, 0.15) is 6.10 Å². The second-order valence-corrected chi connectivity index (χ2v) is 9.17. The number of fused-ring (bicyclic) bond motifs is 1. The summed E-state index contributed by atoms with van der Waals surface area (Å²) in [5.41, 5.74) is 1.60. The van der Waals surface area contributed by atoms with E-state index in [4.69, 9.17) is 9.84 Å². The number of rotatable bonds is 6. The molecule has 9 heteroatoms. The number of thiophene rings is 1. The fourth-order valence-corrected chi connectivity index (χ4v) is 5.39. The van der Waals surface area contributed by atoms with E-state index in [0.717, 1.165) is 26.4 Å². The largest absolute Gasteiger partial charge is 0.395 e. The van der Waals surface area contributed by atoms with Crippen molar-refractivity contribution >= 4 is 44.6 Å². The predicted molar refractivity (Wildman–Crippen MR) is 117 cm³/mol. The third kappa shape index (κ3) is 4.39. The van der Waals surface area contributed by atoms with Crippen molar-refractivity contribution in [1.29, 1.82) is 0 Å². The Kier molecular flexibility index (Phi) is 6.43. The maximum absolute atomic E-state index is 12.8. The van der Waals surface area contributed by atoms with Gasteiger partial charge in [0.15, 0.2) is 0 Å². The third-order valence-electron chi connectivity index (χ3n) is 4.98. The highest BCUT2D eigenvalue weighted by Crippen LogP contribution is 2.38. The molecule has 0 unspecified atom stereocenters. The average molecular weight is 446 g/mol. The minimum absolute atomic E-state index is 0.0133. The van der Waals surface area contributed by atoms with Gasteiger partial charge in [0.05, 0.1) is 41.8 Å². The monoisotopic (exact) mass is 445 g/mol. The normalized spacial score (nSPS) is 16.7. The van der Waals surface area contributed by atoms with Gasteiger partial charge in [-0.3, -0.25) is 9.59 Å². The molecule has 3 heterocycles. The van der Waals surface area contributed by atoms with Gasteiger partial charge in [-0.1, -0.05) is 18.2 Å². The van der Waals surface area contributed by atoms with E-state index in [1.165, 1.54) is 22.7 Å². The van der Waals surface area contributed by atoms with E-state index in [1.807, 2.05) is 36.6 Å². The molecular formula is C21H23N3O4S2. The molecule has 158 valence electrons. The number of amides is 2. The first-order chi connectivity index (χ1) is 14.6. The molecule has 0 aliphatic carbocycles. The zero-order valence-corrected chi connectivity index (χ0v) is 18.2. The van der Waals surface area contributed by atoms with Crippen molar-refractivity contribution in [2.24, 2.45) is 0 Å². The van der Waals surface area contributed by atoms with Crippen molar-refractivity contribution in [3.63, 3.8) is 0 Å². The number of aliphatic hydroxyl groups is 1. The van der Waals surface area contributed by atoms with Crippen LogP contribution < -0.4 is 5.32 Å². The Morgan fingerprint density at radius 1 is 1.37 bits per heavy atom. The first kappa shape index (κ1) is 20.9. The van der Waals surface area contributed by atoms with Crippen molar-refractivity contribution in [1.82, 2.24) is 15.2 Å². The molecule has 0 radical (unpaired) electrons. The van der Waals surface area contributed by atoms with E-state index in [1.54, 1.807) is 4.90 Å². The quantitative estimate of drug-likeness (QED) is 0.608. The van der Waals surface area contributed by atoms with Crippen LogP contribution in [0.4, 0.5) is 0 Å². The van der Waals surface area contributed by atoms with Crippen LogP contribution in [0.15, 0.2) is 29.6 Å². The number of hydrogen-bond acceptors (Lipinski definition) is 7. The van der Waals surface area contributed by atoms with E-state index in [2.05, 4.69) is 10.3 Å². The van der Waals surface area contributed by atoms with Crippen molar-refractivity contribution in [3.8, 4) is 0 Å². The number of carbonyl (C=O) groups excluding carboxylic acids is 2. The molecule has 0 saturated carbocycles. The minimum Gasteiger partial charge on any atom is -0.395 e. The fourth-order valence-electron chi connectivity index (χ4n) is 3.61. The number of benzene rings is 1. The zero-order valence-electron chi connectivity index (χ0n) is 16.6. The lowest BCUT2D eigenvalue weighted by Gasteiger charge is -2.33. The van der Waals surface area contributed by atoms with Crippen LogP contribution >= 0.6 is 22.7 Å². The summed E-state index contributed by atoms with van der Waals surface area (Å²) >= 11 is 2.94. The number of nitrogens with zero attached hydrogens (tertiary/aromatic N) is 2. The van der Waals surface area contributed by atoms with Gasteiger partial charge in [-0.25, -0.2) is 4.98 Å². The standard InChI is InChI=1S/C21H23N3O4S2/c1-13-23-14(12-29-13)10-18(26)24-7-9-28-16(11-24)19-15-4-2-3-5-17(15)30-20(19)21(27)22-6-8-25/h2-5,12,16,25H,6-11H2,1H3,(H,22,27)/t16-/m1/s1. The Hall–Kier alpha value is -2.33. The molecule has 2 N–H and O–H groups in total. The lowest BCUT2D eigenvalue weighted by atomic mass is 10.0. The van der Waals surface area contributed by atoms with Crippen LogP contribution in [0.1, 0.15) is 32.0 Å². The molecule has 1 fully saturated rings. The van der Waals surface area contributed by atoms with Crippen LogP contribution in [0.3, 0.4) is 0 Å². The molecule has 30 heavy (non-hydrogen) atoms. The van der Waals surface area contributed by atoms with Gasteiger partial charge in [-0.05, 0) is 18.4 Å². The number of hydrogen-bond donors (Lipinski definition) is 2. The first-order valence-corrected chi connectivity index (χ1v) is 11.5. The summed E-state index contributed by atoms with van der Waals surface area (Å²) in [6.45, 7) is 3.32. The molecule has 1 aliphatic heterocycles. The SMILES string of the molecule is Cc1nc(CC(=O)N2CCO[C@@H](c3c(C(=O)NCCO)sc4ccccc34)C2)cs1. The Morgan fingerprint density at radius 3 is 2.97 bits per heavy atom. The van der Waals surface area contributed by atoms with Crippen molar-refractivity contribution in [2.75, 3.05) is 32.8 Å². The van der Waals surface area contributed by atoms with Gasteiger partial charge in [-0.15, -0.1) is 22.7 Å². The van der Waals surface area contributed by atoms with E-state index >= 15 is 0 Å². The molecule has 0 bridgehead atoms. The maximum Gasteiger partial charge on any atom is 0.261 e. The second kappa shape index (κ2) is 9.22. The molecule has 2 aromatic heterocycles. The highest BCUT2D eigenvalue weighted by Gasteiger charge is 2.31. The number of aliphatic hydroxyl groups excluding tert-OH is 1. The number of thiazole rings is 1. The topological polar surface area (TPSA) is 91.8 Å². The van der Waals surface area contributed by atoms with Gasteiger partial charge in [0.25, 0.3) is 5.91 Å². The molecule has 1 saturated heterocycles. The molecule has 1 atom stereocenters. The number of aromatic nitrogens is 1. The second-order valence-electron chi connectivity index (χ2n) is 7.05. The number of nitrogens with one attached hydrogen (secondary N) is 1. The first-order valence-electron chi connectivity index (χ1n) is 9.77. The summed E-state index contributed by atoms with van der Waals surface area (Å²) in [4.78, 5) is 32.3. The summed E-state index contributed by atoms with van der Waals surface area (Å²) in [5, 5.41) is 15.6. The number of aryl methyl sites for hydroxylation is 1. The van der Waals surface area contributed by atoms with Gasteiger partial charge in [-0.2, -0.15) is 0 Å². The fraction of sp³-hybridized carbons (Fsp3) is 0.381. The lowest BCUT2D eigenvalue weighted by molar-refractivity contribution is -0.138. The highest BCUT2D eigenvalue weighted by atomic mass is 32.1. The van der Waals surface area contributed by atoms with Crippen molar-refractivity contribution < 1.29 is 19.4 Å². The maximum atomic E-state index is 12.8. The Bertz CT molecular complexity index is 1060. The van der Waals surface area contributed by atoms with Gasteiger partial charge >= 0.3 is 0 Å². The van der Waals surface area contributed by atoms with Crippen LogP contribution in [0.25, 0.3) is 10.1 Å². The molecular weight excluding hydrogens is 422 g/mol. The molecule has 3 aromatic rings. The molecule has 1 aromatic carbocycles. The summed E-state index contributed by atoms with van der Waals surface area (Å²) < 4.78 is 7.02.